The Labute approximate surface area is 151 Å². The van der Waals surface area contributed by atoms with Gasteiger partial charge >= 0.3 is 0 Å². The van der Waals surface area contributed by atoms with Crippen LogP contribution in [0.1, 0.15) is 31.2 Å². The summed E-state index contributed by atoms with van der Waals surface area (Å²) in [6.07, 6.45) is 0. The van der Waals surface area contributed by atoms with Crippen LogP contribution in [0.5, 0.6) is 5.75 Å². The van der Waals surface area contributed by atoms with Crippen LogP contribution in [-0.4, -0.2) is 54.9 Å². The Morgan fingerprint density at radius 3 is 2.16 bits per heavy atom. The molecule has 25 heavy (non-hydrogen) atoms. The SMILES string of the molecule is COc1cc(C(=O)N2CCN(C(=O)c3sccc3C)CC2)ccc1C. The number of amides is 2. The zero-order chi connectivity index (χ0) is 18.0. The maximum Gasteiger partial charge on any atom is 0.264 e. The Kier molecular flexibility index (Phi) is 5.08. The molecular weight excluding hydrogens is 336 g/mol. The summed E-state index contributed by atoms with van der Waals surface area (Å²) in [6.45, 7) is 6.12. The maximum atomic E-state index is 12.7. The fourth-order valence-electron chi connectivity index (χ4n) is 2.98. The van der Waals surface area contributed by atoms with Gasteiger partial charge in [-0.2, -0.15) is 0 Å². The average molecular weight is 358 g/mol. The first-order chi connectivity index (χ1) is 12.0. The highest BCUT2D eigenvalue weighted by atomic mass is 32.1. The molecule has 6 heteroatoms. The van der Waals surface area contributed by atoms with Crippen LogP contribution in [0.3, 0.4) is 0 Å². The number of piperazine rings is 1. The van der Waals surface area contributed by atoms with E-state index in [1.54, 1.807) is 18.1 Å². The zero-order valence-corrected chi connectivity index (χ0v) is 15.6. The summed E-state index contributed by atoms with van der Waals surface area (Å²) < 4.78 is 5.30. The topological polar surface area (TPSA) is 49.9 Å². The summed E-state index contributed by atoms with van der Waals surface area (Å²) in [5, 5.41) is 1.94. The van der Waals surface area contributed by atoms with Crippen molar-refractivity contribution in [1.82, 2.24) is 9.80 Å². The van der Waals surface area contributed by atoms with E-state index >= 15 is 0 Å². The highest BCUT2D eigenvalue weighted by Crippen LogP contribution is 2.22. The Morgan fingerprint density at radius 1 is 0.960 bits per heavy atom. The molecule has 0 aliphatic carbocycles. The quantitative estimate of drug-likeness (QED) is 0.848. The first kappa shape index (κ1) is 17.5. The second-order valence-electron chi connectivity index (χ2n) is 6.20. The Morgan fingerprint density at radius 2 is 1.60 bits per heavy atom. The van der Waals surface area contributed by atoms with Gasteiger partial charge in [-0.1, -0.05) is 6.07 Å². The first-order valence-electron chi connectivity index (χ1n) is 8.28. The molecule has 0 bridgehead atoms. The predicted molar refractivity (Wildman–Crippen MR) is 98.6 cm³/mol. The van der Waals surface area contributed by atoms with Crippen molar-refractivity contribution in [2.45, 2.75) is 13.8 Å². The number of hydrogen-bond acceptors (Lipinski definition) is 4. The van der Waals surface area contributed by atoms with Crippen LogP contribution >= 0.6 is 11.3 Å². The Balaban J connectivity index is 1.65. The third-order valence-electron chi connectivity index (χ3n) is 4.57. The van der Waals surface area contributed by atoms with Crippen LogP contribution < -0.4 is 4.74 Å². The first-order valence-corrected chi connectivity index (χ1v) is 9.16. The van der Waals surface area contributed by atoms with Gasteiger partial charge in [0.25, 0.3) is 11.8 Å². The lowest BCUT2D eigenvalue weighted by atomic mass is 10.1. The highest BCUT2D eigenvalue weighted by Gasteiger charge is 2.26. The molecule has 0 unspecified atom stereocenters. The van der Waals surface area contributed by atoms with E-state index in [1.165, 1.54) is 11.3 Å². The molecule has 1 fully saturated rings. The van der Waals surface area contributed by atoms with Gasteiger partial charge in [-0.3, -0.25) is 9.59 Å². The smallest absolute Gasteiger partial charge is 0.264 e. The van der Waals surface area contributed by atoms with Gasteiger partial charge in [0.05, 0.1) is 12.0 Å². The number of methoxy groups -OCH3 is 1. The van der Waals surface area contributed by atoms with E-state index in [1.807, 2.05) is 42.3 Å². The lowest BCUT2D eigenvalue weighted by Gasteiger charge is -2.34. The summed E-state index contributed by atoms with van der Waals surface area (Å²) in [7, 11) is 1.60. The molecule has 0 radical (unpaired) electrons. The second-order valence-corrected chi connectivity index (χ2v) is 7.12. The molecule has 1 saturated heterocycles. The molecule has 1 aliphatic rings. The number of carbonyl (C=O) groups excluding carboxylic acids is 2. The Hall–Kier alpha value is -2.34. The predicted octanol–water partition coefficient (Wildman–Crippen LogP) is 2.97. The zero-order valence-electron chi connectivity index (χ0n) is 14.7. The van der Waals surface area contributed by atoms with Crippen molar-refractivity contribution < 1.29 is 14.3 Å². The fraction of sp³-hybridized carbons (Fsp3) is 0.368. The van der Waals surface area contributed by atoms with Gasteiger partial charge in [0, 0.05) is 31.7 Å². The van der Waals surface area contributed by atoms with Gasteiger partial charge in [-0.05, 0) is 48.6 Å². The summed E-state index contributed by atoms with van der Waals surface area (Å²) >= 11 is 1.48. The van der Waals surface area contributed by atoms with Gasteiger partial charge in [0.2, 0.25) is 0 Å². The summed E-state index contributed by atoms with van der Waals surface area (Å²) in [5.74, 6) is 0.766. The van der Waals surface area contributed by atoms with E-state index in [0.29, 0.717) is 37.5 Å². The van der Waals surface area contributed by atoms with Crippen molar-refractivity contribution in [2.24, 2.45) is 0 Å². The molecule has 3 rings (SSSR count). The molecule has 2 amide bonds. The fourth-order valence-corrected chi connectivity index (χ4v) is 3.88. The van der Waals surface area contributed by atoms with Gasteiger partial charge in [0.1, 0.15) is 5.75 Å². The molecule has 2 aromatic rings. The number of nitrogens with zero attached hydrogens (tertiary/aromatic N) is 2. The number of rotatable bonds is 3. The van der Waals surface area contributed by atoms with Crippen molar-refractivity contribution in [1.29, 1.82) is 0 Å². The van der Waals surface area contributed by atoms with Crippen LogP contribution in [-0.2, 0) is 0 Å². The minimum atomic E-state index is -0.0160. The molecule has 2 heterocycles. The third kappa shape index (κ3) is 3.54. The number of aryl methyl sites for hydroxylation is 2. The number of benzene rings is 1. The standard InChI is InChI=1S/C19H22N2O3S/c1-13-4-5-15(12-16(13)24-3)18(22)20-7-9-21(10-8-20)19(23)17-14(2)6-11-25-17/h4-6,11-12H,7-10H2,1-3H3. The van der Waals surface area contributed by atoms with Crippen LogP contribution in [0.2, 0.25) is 0 Å². The number of hydrogen-bond donors (Lipinski definition) is 0. The van der Waals surface area contributed by atoms with E-state index in [4.69, 9.17) is 4.74 Å². The molecule has 0 spiro atoms. The van der Waals surface area contributed by atoms with E-state index in [0.717, 1.165) is 16.0 Å². The van der Waals surface area contributed by atoms with Crippen molar-refractivity contribution >= 4 is 23.2 Å². The summed E-state index contributed by atoms with van der Waals surface area (Å²) in [4.78, 5) is 29.7. The van der Waals surface area contributed by atoms with E-state index in [2.05, 4.69) is 0 Å². The van der Waals surface area contributed by atoms with Crippen LogP contribution in [0.4, 0.5) is 0 Å². The van der Waals surface area contributed by atoms with Crippen LogP contribution in [0.15, 0.2) is 29.6 Å². The Bertz CT molecular complexity index is 792. The van der Waals surface area contributed by atoms with Crippen molar-refractivity contribution in [2.75, 3.05) is 33.3 Å². The number of ether oxygens (including phenoxy) is 1. The van der Waals surface area contributed by atoms with E-state index in [9.17, 15) is 9.59 Å². The van der Waals surface area contributed by atoms with E-state index in [-0.39, 0.29) is 11.8 Å². The summed E-state index contributed by atoms with van der Waals surface area (Å²) in [6, 6.07) is 7.46. The molecule has 1 aromatic heterocycles. The van der Waals surface area contributed by atoms with E-state index < -0.39 is 0 Å². The molecule has 5 nitrogen and oxygen atoms in total. The maximum absolute atomic E-state index is 12.7. The van der Waals surface area contributed by atoms with Gasteiger partial charge in [0.15, 0.2) is 0 Å². The lowest BCUT2D eigenvalue weighted by molar-refractivity contribution is 0.0537. The van der Waals surface area contributed by atoms with Crippen LogP contribution in [0, 0.1) is 13.8 Å². The van der Waals surface area contributed by atoms with Gasteiger partial charge < -0.3 is 14.5 Å². The molecule has 0 N–H and O–H groups in total. The van der Waals surface area contributed by atoms with Crippen molar-refractivity contribution in [3.63, 3.8) is 0 Å². The lowest BCUT2D eigenvalue weighted by Crippen LogP contribution is -2.50. The summed E-state index contributed by atoms with van der Waals surface area (Å²) in [5.41, 5.74) is 2.64. The third-order valence-corrected chi connectivity index (χ3v) is 5.57. The molecule has 1 aliphatic heterocycles. The number of thiophene rings is 1. The number of carbonyl (C=O) groups is 2. The normalized spacial score (nSPS) is 14.5. The van der Waals surface area contributed by atoms with Crippen molar-refractivity contribution in [3.8, 4) is 5.75 Å². The highest BCUT2D eigenvalue weighted by molar-refractivity contribution is 7.12. The largest absolute Gasteiger partial charge is 0.496 e. The molecule has 132 valence electrons. The minimum absolute atomic E-state index is 0.0160. The molecule has 0 atom stereocenters. The van der Waals surface area contributed by atoms with Crippen LogP contribution in [0.25, 0.3) is 0 Å². The van der Waals surface area contributed by atoms with Gasteiger partial charge in [-0.15, -0.1) is 11.3 Å². The molecule has 1 aromatic carbocycles. The molecular formula is C19H22N2O3S. The second kappa shape index (κ2) is 7.27. The minimum Gasteiger partial charge on any atom is -0.496 e. The average Bonchev–Trinajstić information content (AvgIpc) is 3.07. The van der Waals surface area contributed by atoms with Gasteiger partial charge in [-0.25, -0.2) is 0 Å². The van der Waals surface area contributed by atoms with Crippen molar-refractivity contribution in [3.05, 3.63) is 51.2 Å². The monoisotopic (exact) mass is 358 g/mol. The molecule has 0 saturated carbocycles.